The lowest BCUT2D eigenvalue weighted by Crippen LogP contribution is -2.40. The zero-order valence-corrected chi connectivity index (χ0v) is 18.7. The maximum Gasteiger partial charge on any atom is 0.228 e. The van der Waals surface area contributed by atoms with Gasteiger partial charge in [0.2, 0.25) is 5.91 Å². The number of rotatable bonds is 8. The van der Waals surface area contributed by atoms with E-state index in [1.54, 1.807) is 16.2 Å². The van der Waals surface area contributed by atoms with Crippen LogP contribution in [0.25, 0.3) is 10.6 Å². The lowest BCUT2D eigenvalue weighted by molar-refractivity contribution is -0.130. The van der Waals surface area contributed by atoms with Crippen LogP contribution in [0.3, 0.4) is 0 Å². The van der Waals surface area contributed by atoms with Crippen molar-refractivity contribution in [2.24, 2.45) is 11.1 Å². The van der Waals surface area contributed by atoms with Gasteiger partial charge in [-0.3, -0.25) is 4.79 Å². The second-order valence-electron chi connectivity index (χ2n) is 6.90. The van der Waals surface area contributed by atoms with Crippen LogP contribution in [0.2, 0.25) is 0 Å². The molecule has 0 atom stereocenters. The first kappa shape index (κ1) is 25.7. The fourth-order valence-electron chi connectivity index (χ4n) is 2.47. The molecule has 0 aliphatic heterocycles. The molecule has 1 aromatic carbocycles. The van der Waals surface area contributed by atoms with E-state index >= 15 is 0 Å². The first-order valence-corrected chi connectivity index (χ1v) is 9.34. The van der Waals surface area contributed by atoms with Gasteiger partial charge in [0, 0.05) is 24.5 Å². The van der Waals surface area contributed by atoms with Crippen LogP contribution in [-0.2, 0) is 11.2 Å². The molecule has 152 valence electrons. The average Bonchev–Trinajstić information content (AvgIpc) is 3.04. The summed E-state index contributed by atoms with van der Waals surface area (Å²) in [5.41, 5.74) is 7.50. The molecule has 5 nitrogen and oxygen atoms in total. The maximum atomic E-state index is 12.4. The van der Waals surface area contributed by atoms with Gasteiger partial charge < -0.3 is 15.4 Å². The summed E-state index contributed by atoms with van der Waals surface area (Å²) in [6, 6.07) is 7.86. The number of nitrogens with zero attached hydrogens (tertiary/aromatic N) is 2. The Morgan fingerprint density at radius 3 is 2.44 bits per heavy atom. The third-order valence-electron chi connectivity index (χ3n) is 3.94. The van der Waals surface area contributed by atoms with Gasteiger partial charge in [0.25, 0.3) is 0 Å². The van der Waals surface area contributed by atoms with Crippen molar-refractivity contribution in [2.75, 3.05) is 26.7 Å². The van der Waals surface area contributed by atoms with Gasteiger partial charge >= 0.3 is 0 Å². The number of benzene rings is 1. The normalized spacial score (nSPS) is 10.6. The van der Waals surface area contributed by atoms with Crippen molar-refractivity contribution in [1.29, 1.82) is 0 Å². The molecule has 0 aliphatic carbocycles. The summed E-state index contributed by atoms with van der Waals surface area (Å²) in [6.45, 7) is 7.91. The predicted octanol–water partition coefficient (Wildman–Crippen LogP) is 4.04. The second kappa shape index (κ2) is 11.5. The molecule has 27 heavy (non-hydrogen) atoms. The van der Waals surface area contributed by atoms with E-state index in [0.717, 1.165) is 22.0 Å². The number of hydrogen-bond donors (Lipinski definition) is 1. The van der Waals surface area contributed by atoms with Crippen LogP contribution >= 0.6 is 36.2 Å². The van der Waals surface area contributed by atoms with Crippen molar-refractivity contribution in [3.8, 4) is 16.3 Å². The van der Waals surface area contributed by atoms with Crippen LogP contribution in [0.15, 0.2) is 29.6 Å². The molecule has 2 N–H and O–H groups in total. The van der Waals surface area contributed by atoms with E-state index < -0.39 is 0 Å². The molecule has 2 rings (SSSR count). The van der Waals surface area contributed by atoms with Gasteiger partial charge in [-0.05, 0) is 43.1 Å². The zero-order chi connectivity index (χ0) is 18.4. The Morgan fingerprint density at radius 1 is 1.26 bits per heavy atom. The van der Waals surface area contributed by atoms with E-state index in [2.05, 4.69) is 18.8 Å². The van der Waals surface area contributed by atoms with Crippen LogP contribution in [-0.4, -0.2) is 42.5 Å². The smallest absolute Gasteiger partial charge is 0.228 e. The van der Waals surface area contributed by atoms with Crippen molar-refractivity contribution in [1.82, 2.24) is 9.88 Å². The molecule has 0 spiro atoms. The number of ether oxygens (including phenoxy) is 1. The Kier molecular flexibility index (Phi) is 10.9. The van der Waals surface area contributed by atoms with Crippen LogP contribution in [0.5, 0.6) is 5.75 Å². The monoisotopic (exact) mass is 433 g/mol. The number of hydrogen-bond acceptors (Lipinski definition) is 5. The third-order valence-corrected chi connectivity index (χ3v) is 4.88. The lowest BCUT2D eigenvalue weighted by Gasteiger charge is -2.28. The summed E-state index contributed by atoms with van der Waals surface area (Å²) in [6.07, 6.45) is 0.310. The number of thiazole rings is 1. The Hall–Kier alpha value is -1.34. The van der Waals surface area contributed by atoms with Crippen LogP contribution < -0.4 is 10.5 Å². The number of halogens is 2. The molecule has 0 saturated carbocycles. The van der Waals surface area contributed by atoms with E-state index in [0.29, 0.717) is 26.1 Å². The molecule has 0 aliphatic rings. The summed E-state index contributed by atoms with van der Waals surface area (Å²) >= 11 is 1.55. The van der Waals surface area contributed by atoms with Crippen LogP contribution in [0.1, 0.15) is 26.5 Å². The van der Waals surface area contributed by atoms with Crippen LogP contribution in [0.4, 0.5) is 0 Å². The highest BCUT2D eigenvalue weighted by Gasteiger charge is 2.21. The third kappa shape index (κ3) is 7.66. The number of carbonyl (C=O) groups excluding carboxylic acids is 1. The molecule has 0 fully saturated rings. The van der Waals surface area contributed by atoms with E-state index in [1.165, 1.54) is 0 Å². The van der Waals surface area contributed by atoms with Crippen LogP contribution in [0, 0.1) is 5.41 Å². The summed E-state index contributed by atoms with van der Waals surface area (Å²) in [4.78, 5) is 18.7. The Labute approximate surface area is 178 Å². The molecule has 0 unspecified atom stereocenters. The van der Waals surface area contributed by atoms with Gasteiger partial charge in [0.15, 0.2) is 0 Å². The van der Waals surface area contributed by atoms with E-state index in [1.807, 2.05) is 43.6 Å². The molecule has 1 aromatic heterocycles. The fourth-order valence-corrected chi connectivity index (χ4v) is 3.29. The maximum absolute atomic E-state index is 12.4. The predicted molar refractivity (Wildman–Crippen MR) is 117 cm³/mol. The zero-order valence-electron chi connectivity index (χ0n) is 16.2. The van der Waals surface area contributed by atoms with E-state index in [9.17, 15) is 4.79 Å². The summed E-state index contributed by atoms with van der Waals surface area (Å²) in [7, 11) is 1.82. The first-order chi connectivity index (χ1) is 11.8. The number of aromatic nitrogens is 1. The van der Waals surface area contributed by atoms with Gasteiger partial charge in [-0.2, -0.15) is 0 Å². The van der Waals surface area contributed by atoms with Gasteiger partial charge in [0.1, 0.15) is 10.8 Å². The minimum absolute atomic E-state index is 0. The SMILES string of the molecule is CCOc1ccc(-c2nc(CC(=O)N(C)CC(C)(C)CN)cs2)cc1.Cl.Cl. The summed E-state index contributed by atoms with van der Waals surface area (Å²) in [5, 5.41) is 2.86. The van der Waals surface area contributed by atoms with Gasteiger partial charge in [-0.25, -0.2) is 4.98 Å². The number of amides is 1. The molecular formula is C19H29Cl2N3O2S. The Bertz CT molecular complexity index is 705. The number of likely N-dealkylation sites (N-methyl/N-ethyl adjacent to an activating group) is 1. The fraction of sp³-hybridized carbons (Fsp3) is 0.474. The summed E-state index contributed by atoms with van der Waals surface area (Å²) in [5.74, 6) is 0.910. The van der Waals surface area contributed by atoms with Crippen molar-refractivity contribution >= 4 is 42.1 Å². The topological polar surface area (TPSA) is 68.5 Å². The van der Waals surface area contributed by atoms with Gasteiger partial charge in [-0.15, -0.1) is 36.2 Å². The highest BCUT2D eigenvalue weighted by Crippen LogP contribution is 2.26. The Morgan fingerprint density at radius 2 is 1.89 bits per heavy atom. The van der Waals surface area contributed by atoms with Crippen molar-refractivity contribution in [2.45, 2.75) is 27.2 Å². The molecule has 1 heterocycles. The quantitative estimate of drug-likeness (QED) is 0.681. The van der Waals surface area contributed by atoms with Crippen molar-refractivity contribution in [3.05, 3.63) is 35.3 Å². The number of carbonyl (C=O) groups is 1. The van der Waals surface area contributed by atoms with E-state index in [-0.39, 0.29) is 36.1 Å². The molecule has 0 bridgehead atoms. The highest BCUT2D eigenvalue weighted by atomic mass is 35.5. The standard InChI is InChI=1S/C19H27N3O2S.2ClH/c1-5-24-16-8-6-14(7-9-16)18-21-15(11-25-18)10-17(23)22(4)13-19(2,3)12-20;;/h6-9,11H,5,10,12-13,20H2,1-4H3;2*1H. The largest absolute Gasteiger partial charge is 0.494 e. The van der Waals surface area contributed by atoms with Gasteiger partial charge in [0.05, 0.1) is 18.7 Å². The molecule has 8 heteroatoms. The summed E-state index contributed by atoms with van der Waals surface area (Å²) < 4.78 is 5.45. The number of nitrogens with two attached hydrogens (primary N) is 1. The molecule has 0 saturated heterocycles. The lowest BCUT2D eigenvalue weighted by atomic mass is 9.93. The Balaban J connectivity index is 0.00000338. The molecule has 1 amide bonds. The minimum atomic E-state index is -0.0834. The van der Waals surface area contributed by atoms with Crippen molar-refractivity contribution < 1.29 is 9.53 Å². The molecular weight excluding hydrogens is 405 g/mol. The van der Waals surface area contributed by atoms with Gasteiger partial charge in [-0.1, -0.05) is 13.8 Å². The first-order valence-electron chi connectivity index (χ1n) is 8.46. The average molecular weight is 434 g/mol. The van der Waals surface area contributed by atoms with Crippen molar-refractivity contribution in [3.63, 3.8) is 0 Å². The second-order valence-corrected chi connectivity index (χ2v) is 7.75. The molecule has 0 radical (unpaired) electrons. The van der Waals surface area contributed by atoms with E-state index in [4.69, 9.17) is 10.5 Å². The molecule has 2 aromatic rings. The minimum Gasteiger partial charge on any atom is -0.494 e. The highest BCUT2D eigenvalue weighted by molar-refractivity contribution is 7.13.